The topological polar surface area (TPSA) is 78.4 Å². The second-order valence-electron chi connectivity index (χ2n) is 11.9. The number of aliphatic hydroxyl groups excluding tert-OH is 1. The van der Waals surface area contributed by atoms with Crippen molar-refractivity contribution in [2.45, 2.75) is 79.6 Å². The molecular weight excluding hydrogens is 480 g/mol. The molecule has 1 aromatic heterocycles. The minimum Gasteiger partial charge on any atom is -0.394 e. The smallest absolute Gasteiger partial charge is 0.227 e. The summed E-state index contributed by atoms with van der Waals surface area (Å²) in [6, 6.07) is 8.38. The highest BCUT2D eigenvalue weighted by atomic mass is 35.5. The fourth-order valence-corrected chi connectivity index (χ4v) is 8.85. The second-order valence-corrected chi connectivity index (χ2v) is 13.7. The number of halogens is 1. The molecule has 35 heavy (non-hydrogen) atoms. The second kappa shape index (κ2) is 7.90. The molecule has 3 heterocycles. The molecule has 0 bridgehead atoms. The third-order valence-corrected chi connectivity index (χ3v) is 11.5. The highest BCUT2D eigenvalue weighted by Gasteiger charge is 2.56. The first-order valence-corrected chi connectivity index (χ1v) is 14.8. The number of hydrogen-bond donors (Lipinski definition) is 2. The van der Waals surface area contributed by atoms with E-state index in [2.05, 4.69) is 22.3 Å². The lowest BCUT2D eigenvalue weighted by Crippen LogP contribution is -2.58. The Bertz CT molecular complexity index is 1170. The number of hydrogen-bond acceptors (Lipinski definition) is 6. The Balaban J connectivity index is 1.11. The predicted molar refractivity (Wildman–Crippen MR) is 139 cm³/mol. The van der Waals surface area contributed by atoms with Crippen LogP contribution in [0.4, 0.5) is 11.8 Å². The summed E-state index contributed by atoms with van der Waals surface area (Å²) in [5.41, 5.74) is 2.47. The van der Waals surface area contributed by atoms with Crippen LogP contribution in [0.15, 0.2) is 29.2 Å². The molecule has 1 aromatic carbocycles. The van der Waals surface area contributed by atoms with Crippen LogP contribution in [-0.4, -0.2) is 50.3 Å². The molecule has 2 aliphatic heterocycles. The molecule has 0 unspecified atom stereocenters. The predicted octanol–water partition coefficient (Wildman–Crippen LogP) is 4.77. The molecule has 2 aromatic rings. The fourth-order valence-electron chi connectivity index (χ4n) is 6.86. The summed E-state index contributed by atoms with van der Waals surface area (Å²) in [5.74, 6) is 2.81. The van der Waals surface area contributed by atoms with Crippen LogP contribution in [0.2, 0.25) is 5.02 Å². The lowest BCUT2D eigenvalue weighted by atomic mass is 9.65. The molecule has 2 spiro atoms. The average molecular weight is 513 g/mol. The first-order chi connectivity index (χ1) is 16.9. The van der Waals surface area contributed by atoms with Crippen molar-refractivity contribution in [3.05, 3.63) is 40.5 Å². The Hall–Kier alpha value is -1.70. The number of nitrogens with one attached hydrogen (secondary N) is 1. The van der Waals surface area contributed by atoms with Crippen LogP contribution in [-0.2, 0) is 16.2 Å². The van der Waals surface area contributed by atoms with Crippen molar-refractivity contribution in [1.29, 1.82) is 0 Å². The van der Waals surface area contributed by atoms with Crippen molar-refractivity contribution >= 4 is 34.2 Å². The van der Waals surface area contributed by atoms with E-state index in [0.717, 1.165) is 66.8 Å². The number of anilines is 2. The number of fused-ring (bicyclic) bond motifs is 2. The van der Waals surface area contributed by atoms with Gasteiger partial charge in [0.15, 0.2) is 0 Å². The van der Waals surface area contributed by atoms with E-state index < -0.39 is 10.8 Å². The van der Waals surface area contributed by atoms with Gasteiger partial charge >= 0.3 is 0 Å². The number of aromatic nitrogens is 2. The number of benzene rings is 1. The molecule has 3 aliphatic carbocycles. The van der Waals surface area contributed by atoms with Crippen LogP contribution in [0.1, 0.15) is 75.0 Å². The number of nitrogens with zero attached hydrogens (tertiary/aromatic N) is 3. The molecule has 8 heteroatoms. The summed E-state index contributed by atoms with van der Waals surface area (Å²) >= 11 is 6.08. The molecule has 1 atom stereocenters. The molecule has 3 saturated carbocycles. The Morgan fingerprint density at radius 2 is 1.77 bits per heavy atom. The van der Waals surface area contributed by atoms with Gasteiger partial charge in [-0.15, -0.1) is 0 Å². The monoisotopic (exact) mass is 512 g/mol. The fraction of sp³-hybridized carbons (Fsp3) is 0.630. The highest BCUT2D eigenvalue weighted by molar-refractivity contribution is 7.85. The zero-order valence-electron chi connectivity index (χ0n) is 20.1. The number of rotatable bonds is 5. The standard InChI is InChI=1S/C27H33ClN4O2S/c28-20-4-2-18(3-5-20)19-6-10-25(11-7-19)14-32(15-25)24-29-22-21(35(34)17-26(22)12-13-26)23(30-24)31-27(16-33)8-1-9-27/h2-5,19,33H,1,6-17H2,(H,29,30,31)/t35-/m0/s1. The van der Waals surface area contributed by atoms with Gasteiger partial charge in [0, 0.05) is 34.7 Å². The van der Waals surface area contributed by atoms with E-state index in [1.54, 1.807) is 0 Å². The molecule has 4 fully saturated rings. The maximum atomic E-state index is 13.1. The average Bonchev–Trinajstić information content (AvgIpc) is 3.54. The summed E-state index contributed by atoms with van der Waals surface area (Å²) in [6.45, 7) is 2.08. The van der Waals surface area contributed by atoms with Crippen molar-refractivity contribution < 1.29 is 9.32 Å². The van der Waals surface area contributed by atoms with Gasteiger partial charge in [-0.1, -0.05) is 23.7 Å². The molecule has 0 radical (unpaired) electrons. The van der Waals surface area contributed by atoms with Gasteiger partial charge in [-0.2, -0.15) is 4.98 Å². The van der Waals surface area contributed by atoms with Gasteiger partial charge in [0.1, 0.15) is 10.7 Å². The quantitative estimate of drug-likeness (QED) is 0.600. The third-order valence-electron chi connectivity index (χ3n) is 9.56. The first kappa shape index (κ1) is 22.5. The molecule has 186 valence electrons. The van der Waals surface area contributed by atoms with Crippen LogP contribution >= 0.6 is 11.6 Å². The molecule has 0 amide bonds. The molecule has 5 aliphatic rings. The minimum atomic E-state index is -1.07. The number of aliphatic hydroxyl groups is 1. The largest absolute Gasteiger partial charge is 0.394 e. The van der Waals surface area contributed by atoms with Crippen molar-refractivity contribution in [3.8, 4) is 0 Å². The van der Waals surface area contributed by atoms with Gasteiger partial charge in [-0.3, -0.25) is 4.21 Å². The third kappa shape index (κ3) is 3.64. The van der Waals surface area contributed by atoms with E-state index in [1.807, 2.05) is 12.1 Å². The molecular formula is C27H33ClN4O2S. The normalized spacial score (nSPS) is 27.4. The van der Waals surface area contributed by atoms with Crippen molar-refractivity contribution in [3.63, 3.8) is 0 Å². The lowest BCUT2D eigenvalue weighted by Gasteiger charge is -2.53. The van der Waals surface area contributed by atoms with Crippen LogP contribution in [0, 0.1) is 5.41 Å². The molecule has 1 saturated heterocycles. The van der Waals surface area contributed by atoms with E-state index in [9.17, 15) is 9.32 Å². The Morgan fingerprint density at radius 3 is 2.37 bits per heavy atom. The van der Waals surface area contributed by atoms with Gasteiger partial charge in [0.05, 0.1) is 28.6 Å². The van der Waals surface area contributed by atoms with Gasteiger partial charge in [0.25, 0.3) is 0 Å². The molecule has 6 nitrogen and oxygen atoms in total. The van der Waals surface area contributed by atoms with Crippen LogP contribution < -0.4 is 10.2 Å². The van der Waals surface area contributed by atoms with Crippen LogP contribution in [0.5, 0.6) is 0 Å². The van der Waals surface area contributed by atoms with Crippen LogP contribution in [0.25, 0.3) is 0 Å². The Kier molecular flexibility index (Phi) is 5.08. The summed E-state index contributed by atoms with van der Waals surface area (Å²) in [6.07, 6.45) is 10.00. The van der Waals surface area contributed by atoms with Gasteiger partial charge < -0.3 is 15.3 Å². The first-order valence-electron chi connectivity index (χ1n) is 13.1. The van der Waals surface area contributed by atoms with E-state index in [0.29, 0.717) is 22.9 Å². The van der Waals surface area contributed by atoms with Crippen LogP contribution in [0.3, 0.4) is 0 Å². The van der Waals surface area contributed by atoms with E-state index >= 15 is 0 Å². The minimum absolute atomic E-state index is 0.000496. The van der Waals surface area contributed by atoms with E-state index in [1.165, 1.54) is 31.2 Å². The van der Waals surface area contributed by atoms with Gasteiger partial charge in [-0.25, -0.2) is 4.98 Å². The van der Waals surface area contributed by atoms with E-state index in [4.69, 9.17) is 21.6 Å². The van der Waals surface area contributed by atoms with Crippen molar-refractivity contribution in [2.24, 2.45) is 5.41 Å². The SMILES string of the molecule is O=[S@]1CC2(CC2)c2nc(N3CC4(CCC(c5ccc(Cl)cc5)CC4)C3)nc(NC3(CO)CCC3)c21. The Labute approximate surface area is 214 Å². The van der Waals surface area contributed by atoms with Gasteiger partial charge in [-0.05, 0) is 81.4 Å². The van der Waals surface area contributed by atoms with E-state index in [-0.39, 0.29) is 17.6 Å². The summed E-state index contributed by atoms with van der Waals surface area (Å²) < 4.78 is 13.1. The summed E-state index contributed by atoms with van der Waals surface area (Å²) in [5, 5.41) is 14.4. The maximum Gasteiger partial charge on any atom is 0.227 e. The zero-order chi connectivity index (χ0) is 23.8. The van der Waals surface area contributed by atoms with Crippen molar-refractivity contribution in [1.82, 2.24) is 9.97 Å². The van der Waals surface area contributed by atoms with Gasteiger partial charge in [0.2, 0.25) is 5.95 Å². The molecule has 2 N–H and O–H groups in total. The summed E-state index contributed by atoms with van der Waals surface area (Å²) in [4.78, 5) is 13.2. The lowest BCUT2D eigenvalue weighted by molar-refractivity contribution is 0.126. The Morgan fingerprint density at radius 1 is 1.06 bits per heavy atom. The maximum absolute atomic E-state index is 13.1. The van der Waals surface area contributed by atoms with Crippen molar-refractivity contribution in [2.75, 3.05) is 35.7 Å². The zero-order valence-corrected chi connectivity index (χ0v) is 21.6. The molecule has 7 rings (SSSR count). The highest BCUT2D eigenvalue weighted by Crippen LogP contribution is 2.57. The summed E-state index contributed by atoms with van der Waals surface area (Å²) in [7, 11) is -1.07.